The molecule has 0 saturated carbocycles. The van der Waals surface area contributed by atoms with E-state index in [4.69, 9.17) is 0 Å². The summed E-state index contributed by atoms with van der Waals surface area (Å²) in [5, 5.41) is 2.03. The molecule has 0 radical (unpaired) electrons. The monoisotopic (exact) mass is 169 g/mol. The van der Waals surface area contributed by atoms with Crippen molar-refractivity contribution in [2.24, 2.45) is 4.99 Å². The molecule has 0 amide bonds. The van der Waals surface area contributed by atoms with Crippen molar-refractivity contribution in [1.29, 1.82) is 0 Å². The fraction of sp³-hybridized carbons (Fsp3) is 0.167. The Kier molecular flexibility index (Phi) is 2.36. The molecule has 0 fully saturated rings. The van der Waals surface area contributed by atoms with Crippen LogP contribution >= 0.6 is 12.2 Å². The summed E-state index contributed by atoms with van der Waals surface area (Å²) in [5.41, 5.74) is 0.0191. The van der Waals surface area contributed by atoms with Crippen molar-refractivity contribution in [1.82, 2.24) is 9.97 Å². The summed E-state index contributed by atoms with van der Waals surface area (Å²) in [4.78, 5) is 10.6. The van der Waals surface area contributed by atoms with Crippen LogP contribution in [0.3, 0.4) is 0 Å². The lowest BCUT2D eigenvalue weighted by Crippen LogP contribution is -1.90. The van der Waals surface area contributed by atoms with E-state index in [0.717, 1.165) is 0 Å². The van der Waals surface area contributed by atoms with E-state index in [1.54, 1.807) is 6.92 Å². The summed E-state index contributed by atoms with van der Waals surface area (Å²) in [7, 11) is 0. The minimum atomic E-state index is -0.671. The van der Waals surface area contributed by atoms with Crippen molar-refractivity contribution in [3.8, 4) is 0 Å². The van der Waals surface area contributed by atoms with Gasteiger partial charge in [0.05, 0.1) is 11.4 Å². The summed E-state index contributed by atoms with van der Waals surface area (Å²) in [6.45, 7) is 1.59. The van der Waals surface area contributed by atoms with Crippen molar-refractivity contribution in [3.63, 3.8) is 0 Å². The minimum absolute atomic E-state index is 0.0191. The SMILES string of the molecule is Cc1ncc(N=C=S)c(F)n1. The second-order valence-corrected chi connectivity index (χ2v) is 1.98. The molecule has 0 N–H and O–H groups in total. The van der Waals surface area contributed by atoms with Gasteiger partial charge in [-0.05, 0) is 19.1 Å². The molecule has 1 aromatic heterocycles. The number of hydrogen-bond donors (Lipinski definition) is 0. The Morgan fingerprint density at radius 1 is 1.73 bits per heavy atom. The lowest BCUT2D eigenvalue weighted by atomic mass is 10.5. The van der Waals surface area contributed by atoms with Crippen LogP contribution in [-0.2, 0) is 0 Å². The van der Waals surface area contributed by atoms with Crippen LogP contribution in [0.25, 0.3) is 0 Å². The van der Waals surface area contributed by atoms with Gasteiger partial charge in [-0.2, -0.15) is 9.38 Å². The van der Waals surface area contributed by atoms with E-state index < -0.39 is 5.95 Å². The van der Waals surface area contributed by atoms with Gasteiger partial charge in [0, 0.05) is 0 Å². The fourth-order valence-electron chi connectivity index (χ4n) is 0.560. The second-order valence-electron chi connectivity index (χ2n) is 1.80. The first-order valence-corrected chi connectivity index (χ1v) is 3.22. The van der Waals surface area contributed by atoms with Crippen LogP contribution in [0.2, 0.25) is 0 Å². The summed E-state index contributed by atoms with van der Waals surface area (Å²) in [6.07, 6.45) is 1.26. The minimum Gasteiger partial charge on any atom is -0.239 e. The number of nitrogens with zero attached hydrogens (tertiary/aromatic N) is 3. The maximum Gasteiger partial charge on any atom is 0.242 e. The zero-order chi connectivity index (χ0) is 8.27. The largest absolute Gasteiger partial charge is 0.242 e. The number of isothiocyanates is 1. The van der Waals surface area contributed by atoms with E-state index in [2.05, 4.69) is 27.2 Å². The smallest absolute Gasteiger partial charge is 0.239 e. The van der Waals surface area contributed by atoms with Crippen LogP contribution in [0.1, 0.15) is 5.82 Å². The highest BCUT2D eigenvalue weighted by atomic mass is 32.1. The summed E-state index contributed by atoms with van der Waals surface area (Å²) < 4.78 is 12.7. The van der Waals surface area contributed by atoms with Gasteiger partial charge in [0.15, 0.2) is 0 Å². The van der Waals surface area contributed by atoms with Gasteiger partial charge >= 0.3 is 0 Å². The third-order valence-corrected chi connectivity index (χ3v) is 1.10. The Bertz CT molecular complexity index is 320. The average Bonchev–Trinajstić information content (AvgIpc) is 1.95. The Balaban J connectivity index is 3.19. The first kappa shape index (κ1) is 7.91. The van der Waals surface area contributed by atoms with Crippen molar-refractivity contribution < 1.29 is 4.39 Å². The van der Waals surface area contributed by atoms with Gasteiger partial charge in [-0.3, -0.25) is 0 Å². The maximum atomic E-state index is 12.7. The first-order valence-electron chi connectivity index (χ1n) is 2.81. The molecule has 11 heavy (non-hydrogen) atoms. The molecule has 1 heterocycles. The number of halogens is 1. The van der Waals surface area contributed by atoms with Crippen LogP contribution in [0, 0.1) is 12.9 Å². The van der Waals surface area contributed by atoms with E-state index in [9.17, 15) is 4.39 Å². The highest BCUT2D eigenvalue weighted by molar-refractivity contribution is 7.78. The molecule has 0 saturated heterocycles. The van der Waals surface area contributed by atoms with E-state index in [-0.39, 0.29) is 5.69 Å². The molecule has 56 valence electrons. The molecular formula is C6H4FN3S. The van der Waals surface area contributed by atoms with Crippen LogP contribution in [-0.4, -0.2) is 15.1 Å². The molecule has 0 aromatic carbocycles. The second kappa shape index (κ2) is 3.27. The fourth-order valence-corrected chi connectivity index (χ4v) is 0.659. The van der Waals surface area contributed by atoms with E-state index >= 15 is 0 Å². The number of rotatable bonds is 1. The molecule has 0 aliphatic heterocycles. The Hall–Kier alpha value is -1.19. The van der Waals surface area contributed by atoms with Crippen molar-refractivity contribution in [2.75, 3.05) is 0 Å². The van der Waals surface area contributed by atoms with Gasteiger partial charge in [-0.15, -0.1) is 0 Å². The van der Waals surface area contributed by atoms with Crippen molar-refractivity contribution in [3.05, 3.63) is 18.0 Å². The maximum absolute atomic E-state index is 12.7. The number of hydrogen-bond acceptors (Lipinski definition) is 4. The van der Waals surface area contributed by atoms with Crippen molar-refractivity contribution in [2.45, 2.75) is 6.92 Å². The Labute approximate surface area is 68.0 Å². The molecular weight excluding hydrogens is 165 g/mol. The third-order valence-electron chi connectivity index (χ3n) is 1.01. The van der Waals surface area contributed by atoms with Crippen molar-refractivity contribution >= 4 is 23.1 Å². The Morgan fingerprint density at radius 2 is 2.45 bits per heavy atom. The first-order chi connectivity index (χ1) is 5.24. The lowest BCUT2D eigenvalue weighted by Gasteiger charge is -1.92. The zero-order valence-corrected chi connectivity index (χ0v) is 6.52. The normalized spacial score (nSPS) is 8.91. The summed E-state index contributed by atoms with van der Waals surface area (Å²) in [6, 6.07) is 0. The lowest BCUT2D eigenvalue weighted by molar-refractivity contribution is 0.577. The van der Waals surface area contributed by atoms with E-state index in [1.807, 2.05) is 5.16 Å². The summed E-state index contributed by atoms with van der Waals surface area (Å²) >= 11 is 4.29. The number of thiocarbonyl (C=S) groups is 1. The van der Waals surface area contributed by atoms with E-state index in [0.29, 0.717) is 5.82 Å². The molecule has 5 heteroatoms. The predicted molar refractivity (Wildman–Crippen MR) is 41.4 cm³/mol. The van der Waals surface area contributed by atoms with E-state index in [1.165, 1.54) is 6.20 Å². The predicted octanol–water partition coefficient (Wildman–Crippen LogP) is 1.66. The van der Waals surface area contributed by atoms with Gasteiger partial charge in [-0.1, -0.05) is 0 Å². The van der Waals surface area contributed by atoms with Gasteiger partial charge in [0.1, 0.15) is 11.5 Å². The zero-order valence-electron chi connectivity index (χ0n) is 5.71. The summed E-state index contributed by atoms with van der Waals surface area (Å²) in [5.74, 6) is -0.305. The topological polar surface area (TPSA) is 38.1 Å². The standard InChI is InChI=1S/C6H4FN3S/c1-4-8-2-5(9-3-11)6(7)10-4/h2H,1H3. The Morgan fingerprint density at radius 3 is 3.00 bits per heavy atom. The highest BCUT2D eigenvalue weighted by Gasteiger charge is 2.01. The van der Waals surface area contributed by atoms with Gasteiger partial charge in [0.25, 0.3) is 0 Å². The molecule has 1 rings (SSSR count). The molecule has 0 bridgehead atoms. The van der Waals surface area contributed by atoms with Crippen LogP contribution in [0.5, 0.6) is 0 Å². The van der Waals surface area contributed by atoms with Crippen LogP contribution in [0.15, 0.2) is 11.2 Å². The molecule has 0 spiro atoms. The van der Waals surface area contributed by atoms with Crippen LogP contribution < -0.4 is 0 Å². The van der Waals surface area contributed by atoms with Gasteiger partial charge < -0.3 is 0 Å². The number of aryl methyl sites for hydroxylation is 1. The van der Waals surface area contributed by atoms with Gasteiger partial charge in [-0.25, -0.2) is 9.97 Å². The molecule has 0 atom stereocenters. The number of aliphatic imine (C=N–C) groups is 1. The quantitative estimate of drug-likeness (QED) is 0.364. The average molecular weight is 169 g/mol. The number of aromatic nitrogens is 2. The third kappa shape index (κ3) is 1.86. The van der Waals surface area contributed by atoms with Gasteiger partial charge in [0.2, 0.25) is 5.95 Å². The molecule has 1 aromatic rings. The van der Waals surface area contributed by atoms with Crippen LogP contribution in [0.4, 0.5) is 10.1 Å². The molecule has 3 nitrogen and oxygen atoms in total. The molecule has 0 aliphatic rings. The molecule has 0 unspecified atom stereocenters. The highest BCUT2D eigenvalue weighted by Crippen LogP contribution is 2.11. The molecule has 0 aliphatic carbocycles.